The van der Waals surface area contributed by atoms with Crippen molar-refractivity contribution < 1.29 is 22.4 Å². The van der Waals surface area contributed by atoms with Crippen molar-refractivity contribution in [1.29, 1.82) is 0 Å². The second-order valence-corrected chi connectivity index (χ2v) is 15.6. The van der Waals surface area contributed by atoms with Crippen LogP contribution in [0.1, 0.15) is 41.5 Å². The standard InChI is InChI=1S/C6H5.3C4H8O2.Pb/c1-2-4-6-5-3-1;3*1-3(2)4(5)6;/h1-5H;3*3H,1-2H3,(H,5,6);/q;;;;+3/p-3. The Balaban J connectivity index is 3.41. The van der Waals surface area contributed by atoms with E-state index in [2.05, 4.69) is 0 Å². The fourth-order valence-electron chi connectivity index (χ4n) is 1.63. The van der Waals surface area contributed by atoms with Crippen LogP contribution in [0.5, 0.6) is 0 Å². The minimum atomic E-state index is -5.21. The number of hydrogen-bond acceptors (Lipinski definition) is 6. The molecule has 0 unspecified atom stereocenters. The first-order valence-electron chi connectivity index (χ1n) is 8.33. The molecule has 0 bridgehead atoms. The van der Waals surface area contributed by atoms with Gasteiger partial charge in [-0.1, -0.05) is 0 Å². The van der Waals surface area contributed by atoms with Crippen LogP contribution in [0.25, 0.3) is 0 Å². The predicted octanol–water partition coefficient (Wildman–Crippen LogP) is 2.43. The van der Waals surface area contributed by atoms with E-state index in [1.165, 1.54) is 0 Å². The first-order valence-corrected chi connectivity index (χ1v) is 15.0. The molecule has 0 aromatic heterocycles. The minimum absolute atomic E-state index is 0.446. The Morgan fingerprint density at radius 1 is 0.680 bits per heavy atom. The van der Waals surface area contributed by atoms with E-state index in [-0.39, 0.29) is 0 Å². The van der Waals surface area contributed by atoms with Crippen LogP contribution >= 0.6 is 0 Å². The zero-order valence-corrected chi connectivity index (χ0v) is 19.5. The Kier molecular flexibility index (Phi) is 8.04. The van der Waals surface area contributed by atoms with Gasteiger partial charge in [-0.2, -0.15) is 0 Å². The van der Waals surface area contributed by atoms with Gasteiger partial charge in [-0.05, 0) is 0 Å². The molecule has 7 heteroatoms. The molecule has 0 aliphatic rings. The molecular formula is C18H26O6Pb. The van der Waals surface area contributed by atoms with E-state index in [9.17, 15) is 14.4 Å². The van der Waals surface area contributed by atoms with Crippen LogP contribution in [0.15, 0.2) is 30.3 Å². The van der Waals surface area contributed by atoms with Gasteiger partial charge in [0, 0.05) is 0 Å². The molecule has 1 aromatic rings. The molecule has 0 spiro atoms. The van der Waals surface area contributed by atoms with Crippen molar-refractivity contribution in [1.82, 2.24) is 0 Å². The molecule has 0 N–H and O–H groups in total. The van der Waals surface area contributed by atoms with Gasteiger partial charge in [0.05, 0.1) is 0 Å². The van der Waals surface area contributed by atoms with E-state index >= 15 is 0 Å². The molecule has 6 nitrogen and oxygen atoms in total. The van der Waals surface area contributed by atoms with Crippen LogP contribution in [-0.4, -0.2) is 40.4 Å². The van der Waals surface area contributed by atoms with Gasteiger partial charge in [-0.15, -0.1) is 0 Å². The van der Waals surface area contributed by atoms with Crippen LogP contribution in [0, 0.1) is 17.8 Å². The molecule has 25 heavy (non-hydrogen) atoms. The molecule has 0 aliphatic carbocycles. The molecule has 0 saturated heterocycles. The fourth-order valence-corrected chi connectivity index (χ4v) is 11.7. The molecule has 0 heterocycles. The van der Waals surface area contributed by atoms with Crippen molar-refractivity contribution >= 4 is 43.6 Å². The maximum atomic E-state index is 12.3. The van der Waals surface area contributed by atoms with E-state index in [4.69, 9.17) is 8.06 Å². The van der Waals surface area contributed by atoms with Gasteiger partial charge in [0.1, 0.15) is 0 Å². The number of hydrogen-bond donors (Lipinski definition) is 0. The Morgan fingerprint density at radius 3 is 1.28 bits per heavy atom. The average Bonchev–Trinajstić information content (AvgIpc) is 2.54. The van der Waals surface area contributed by atoms with Gasteiger partial charge in [-0.3, -0.25) is 0 Å². The van der Waals surface area contributed by atoms with Crippen molar-refractivity contribution in [3.63, 3.8) is 0 Å². The summed E-state index contributed by atoms with van der Waals surface area (Å²) in [6.45, 7) is 10.0. The van der Waals surface area contributed by atoms with Gasteiger partial charge < -0.3 is 0 Å². The van der Waals surface area contributed by atoms with Crippen LogP contribution in [-0.2, 0) is 22.4 Å². The van der Waals surface area contributed by atoms with Crippen molar-refractivity contribution in [2.75, 3.05) is 0 Å². The zero-order valence-electron chi connectivity index (χ0n) is 15.6. The molecule has 0 radical (unpaired) electrons. The second-order valence-electron chi connectivity index (χ2n) is 6.65. The summed E-state index contributed by atoms with van der Waals surface area (Å²) in [6, 6.07) is 8.55. The molecular weight excluding hydrogens is 519 g/mol. The van der Waals surface area contributed by atoms with Crippen LogP contribution in [0.4, 0.5) is 0 Å². The third-order valence-electron chi connectivity index (χ3n) is 3.25. The first kappa shape index (κ1) is 21.6. The molecule has 138 valence electrons. The van der Waals surface area contributed by atoms with E-state index in [0.29, 0.717) is 3.12 Å². The predicted molar refractivity (Wildman–Crippen MR) is 94.6 cm³/mol. The van der Waals surface area contributed by atoms with Gasteiger partial charge in [0.15, 0.2) is 0 Å². The summed E-state index contributed by atoms with van der Waals surface area (Å²) in [4.78, 5) is 36.9. The summed E-state index contributed by atoms with van der Waals surface area (Å²) < 4.78 is 17.3. The van der Waals surface area contributed by atoms with Gasteiger partial charge >= 0.3 is 156 Å². The Morgan fingerprint density at radius 2 is 1.00 bits per heavy atom. The normalized spacial score (nSPS) is 11.6. The number of rotatable bonds is 7. The molecule has 0 amide bonds. The van der Waals surface area contributed by atoms with Crippen molar-refractivity contribution in [3.8, 4) is 0 Å². The summed E-state index contributed by atoms with van der Waals surface area (Å²) in [5.41, 5.74) is 0. The van der Waals surface area contributed by atoms with Crippen molar-refractivity contribution in [2.24, 2.45) is 17.8 Å². The Bertz CT molecular complexity index is 554. The summed E-state index contributed by atoms with van der Waals surface area (Å²) >= 11 is -5.21. The summed E-state index contributed by atoms with van der Waals surface area (Å²) in [7, 11) is 0. The summed E-state index contributed by atoms with van der Waals surface area (Å²) in [5, 5.41) is 0. The van der Waals surface area contributed by atoms with Gasteiger partial charge in [-0.25, -0.2) is 0 Å². The first-order chi connectivity index (χ1) is 11.6. The molecule has 1 aromatic carbocycles. The van der Waals surface area contributed by atoms with Crippen LogP contribution < -0.4 is 3.12 Å². The van der Waals surface area contributed by atoms with Crippen LogP contribution in [0.2, 0.25) is 0 Å². The van der Waals surface area contributed by atoms with E-state index < -0.39 is 58.2 Å². The topological polar surface area (TPSA) is 78.9 Å². The van der Waals surface area contributed by atoms with E-state index in [1.807, 2.05) is 0 Å². The van der Waals surface area contributed by atoms with Crippen molar-refractivity contribution in [2.45, 2.75) is 41.5 Å². The maximum absolute atomic E-state index is 12.3. The molecule has 0 saturated carbocycles. The average molecular weight is 546 g/mol. The SMILES string of the molecule is CC(C)C(=O)[O][Pb]([O]C(=O)C(C)C)([O]C(=O)C(C)C)[c]1ccccc1. The Hall–Kier alpha value is -1.45. The Labute approximate surface area is 155 Å². The summed E-state index contributed by atoms with van der Waals surface area (Å²) in [6.07, 6.45) is 0. The molecule has 1 rings (SSSR count). The molecule has 0 atom stereocenters. The number of carbonyl (C=O) groups is 3. The third kappa shape index (κ3) is 6.09. The number of benzene rings is 1. The fraction of sp³-hybridized carbons (Fsp3) is 0.500. The monoisotopic (exact) mass is 546 g/mol. The third-order valence-corrected chi connectivity index (χ3v) is 12.8. The zero-order chi connectivity index (χ0) is 19.2. The molecule has 0 fully saturated rings. The van der Waals surface area contributed by atoms with Crippen molar-refractivity contribution in [3.05, 3.63) is 30.3 Å². The van der Waals surface area contributed by atoms with E-state index in [1.54, 1.807) is 71.9 Å². The summed E-state index contributed by atoms with van der Waals surface area (Å²) in [5.74, 6) is -3.01. The van der Waals surface area contributed by atoms with Crippen LogP contribution in [0.3, 0.4) is 0 Å². The van der Waals surface area contributed by atoms with Gasteiger partial charge in [0.25, 0.3) is 0 Å². The number of carbonyl (C=O) groups excluding carboxylic acids is 3. The quantitative estimate of drug-likeness (QED) is 0.490. The molecule has 0 aliphatic heterocycles. The van der Waals surface area contributed by atoms with E-state index in [0.717, 1.165) is 0 Å². The van der Waals surface area contributed by atoms with Gasteiger partial charge in [0.2, 0.25) is 0 Å². The second kappa shape index (κ2) is 9.31.